The highest BCUT2D eigenvalue weighted by molar-refractivity contribution is 5.64. The lowest BCUT2D eigenvalue weighted by atomic mass is 10.0. The number of rotatable bonds is 17. The van der Waals surface area contributed by atoms with Crippen LogP contribution in [0.5, 0.6) is 5.75 Å². The number of aromatic nitrogens is 1. The molecule has 3 aromatic rings. The molecule has 2 nitrogen and oxygen atoms in total. The lowest BCUT2D eigenvalue weighted by Crippen LogP contribution is -1.97. The largest absolute Gasteiger partial charge is 0.494 e. The van der Waals surface area contributed by atoms with E-state index in [-0.39, 0.29) is 0 Å². The van der Waals surface area contributed by atoms with Crippen LogP contribution in [-0.2, 0) is 19.3 Å². The van der Waals surface area contributed by atoms with E-state index in [0.29, 0.717) is 0 Å². The molecule has 0 spiro atoms. The summed E-state index contributed by atoms with van der Waals surface area (Å²) in [6.45, 7) is 5.33. The van der Waals surface area contributed by atoms with Gasteiger partial charge < -0.3 is 4.74 Å². The lowest BCUT2D eigenvalue weighted by molar-refractivity contribution is 0.304. The number of nitrogens with zero attached hydrogens (tertiary/aromatic N) is 1. The van der Waals surface area contributed by atoms with Gasteiger partial charge in [0.15, 0.2) is 0 Å². The first-order valence-electron chi connectivity index (χ1n) is 14.0. The highest BCUT2D eigenvalue weighted by Crippen LogP contribution is 2.23. The topological polar surface area (TPSA) is 22.1 Å². The fraction of sp³-hybridized carbons (Fsp3) is 0.485. The number of benzene rings is 2. The van der Waals surface area contributed by atoms with Crippen molar-refractivity contribution < 1.29 is 4.74 Å². The van der Waals surface area contributed by atoms with Crippen LogP contribution in [0.15, 0.2) is 66.9 Å². The predicted octanol–water partition coefficient (Wildman–Crippen LogP) is 9.40. The fourth-order valence-electron chi connectivity index (χ4n) is 4.46. The van der Waals surface area contributed by atoms with Crippen LogP contribution in [0.2, 0.25) is 0 Å². The van der Waals surface area contributed by atoms with Gasteiger partial charge in [-0.05, 0) is 72.6 Å². The third kappa shape index (κ3) is 10.3. The molecule has 0 aliphatic heterocycles. The molecule has 0 N–H and O–H groups in total. The number of unbranched alkanes of at least 4 members (excludes halogenated alkanes) is 8. The van der Waals surface area contributed by atoms with E-state index in [1.165, 1.54) is 85.7 Å². The molecule has 0 bridgehead atoms. The highest BCUT2D eigenvalue weighted by Gasteiger charge is 2.02. The number of hydrogen-bond acceptors (Lipinski definition) is 2. The minimum absolute atomic E-state index is 0.818. The van der Waals surface area contributed by atoms with Crippen molar-refractivity contribution in [3.8, 4) is 16.9 Å². The molecule has 0 saturated heterocycles. The zero-order valence-corrected chi connectivity index (χ0v) is 22.1. The molecule has 188 valence electrons. The van der Waals surface area contributed by atoms with Crippen molar-refractivity contribution in [2.45, 2.75) is 97.3 Å². The average Bonchev–Trinajstić information content (AvgIpc) is 2.90. The second-order valence-electron chi connectivity index (χ2n) is 9.81. The lowest BCUT2D eigenvalue weighted by Gasteiger charge is -2.08. The molecule has 1 heterocycles. The van der Waals surface area contributed by atoms with E-state index in [9.17, 15) is 0 Å². The van der Waals surface area contributed by atoms with Gasteiger partial charge in [-0.2, -0.15) is 0 Å². The van der Waals surface area contributed by atoms with E-state index < -0.39 is 0 Å². The third-order valence-electron chi connectivity index (χ3n) is 6.78. The molecule has 2 heteroatoms. The standard InChI is InChI=1S/C33H45NO/c1-3-5-7-8-9-10-12-26-35-33-24-20-31(21-25-33)30-18-14-28(15-19-30)16-22-32-23-17-29(27-34-32)13-11-6-4-2/h14-15,17-21,23-25,27H,3-13,16,22,26H2,1-2H3. The molecule has 0 saturated carbocycles. The zero-order chi connectivity index (χ0) is 24.6. The Balaban J connectivity index is 1.38. The van der Waals surface area contributed by atoms with Gasteiger partial charge in [0.2, 0.25) is 0 Å². The molecule has 0 radical (unpaired) electrons. The molecule has 0 atom stereocenters. The van der Waals surface area contributed by atoms with E-state index in [0.717, 1.165) is 38.0 Å². The van der Waals surface area contributed by atoms with Crippen molar-refractivity contribution in [3.05, 3.63) is 83.7 Å². The van der Waals surface area contributed by atoms with E-state index in [4.69, 9.17) is 4.74 Å². The number of pyridine rings is 1. The average molecular weight is 472 g/mol. The molecule has 0 amide bonds. The van der Waals surface area contributed by atoms with Crippen molar-refractivity contribution in [1.29, 1.82) is 0 Å². The van der Waals surface area contributed by atoms with Crippen LogP contribution in [0.3, 0.4) is 0 Å². The molecule has 0 aliphatic rings. The second kappa shape index (κ2) is 16.1. The molecule has 0 unspecified atom stereocenters. The van der Waals surface area contributed by atoms with Gasteiger partial charge in [-0.3, -0.25) is 4.98 Å². The molecule has 35 heavy (non-hydrogen) atoms. The molecule has 0 fully saturated rings. The zero-order valence-electron chi connectivity index (χ0n) is 22.1. The van der Waals surface area contributed by atoms with Crippen LogP contribution in [-0.4, -0.2) is 11.6 Å². The third-order valence-corrected chi connectivity index (χ3v) is 6.78. The molecular weight excluding hydrogens is 426 g/mol. The Labute approximate surface area is 214 Å². The smallest absolute Gasteiger partial charge is 0.119 e. The van der Waals surface area contributed by atoms with Crippen molar-refractivity contribution in [3.63, 3.8) is 0 Å². The summed E-state index contributed by atoms with van der Waals surface area (Å²) in [6.07, 6.45) is 18.2. The maximum absolute atomic E-state index is 5.94. The molecular formula is C33H45NO. The Morgan fingerprint density at radius 2 is 1.14 bits per heavy atom. The molecule has 2 aromatic carbocycles. The van der Waals surface area contributed by atoms with Crippen molar-refractivity contribution in [2.24, 2.45) is 0 Å². The normalized spacial score (nSPS) is 11.0. The summed E-state index contributed by atoms with van der Waals surface area (Å²) >= 11 is 0. The van der Waals surface area contributed by atoms with Gasteiger partial charge in [-0.1, -0.05) is 108 Å². The summed E-state index contributed by atoms with van der Waals surface area (Å²) in [5, 5.41) is 0. The van der Waals surface area contributed by atoms with E-state index >= 15 is 0 Å². The van der Waals surface area contributed by atoms with Gasteiger partial charge in [0, 0.05) is 11.9 Å². The summed E-state index contributed by atoms with van der Waals surface area (Å²) < 4.78 is 5.94. The van der Waals surface area contributed by atoms with Crippen LogP contribution < -0.4 is 4.74 Å². The molecule has 1 aromatic heterocycles. The van der Waals surface area contributed by atoms with Crippen LogP contribution in [0.25, 0.3) is 11.1 Å². The van der Waals surface area contributed by atoms with Crippen LogP contribution >= 0.6 is 0 Å². The Morgan fingerprint density at radius 3 is 1.80 bits per heavy atom. The minimum atomic E-state index is 0.818. The fourth-order valence-corrected chi connectivity index (χ4v) is 4.46. The van der Waals surface area contributed by atoms with Gasteiger partial charge in [0.05, 0.1) is 6.61 Å². The quantitative estimate of drug-likeness (QED) is 0.183. The van der Waals surface area contributed by atoms with E-state index in [1.807, 2.05) is 0 Å². The van der Waals surface area contributed by atoms with Gasteiger partial charge in [-0.25, -0.2) is 0 Å². The number of hydrogen-bond donors (Lipinski definition) is 0. The summed E-state index contributed by atoms with van der Waals surface area (Å²) in [4.78, 5) is 4.68. The van der Waals surface area contributed by atoms with Gasteiger partial charge >= 0.3 is 0 Å². The first-order chi connectivity index (χ1) is 17.3. The monoisotopic (exact) mass is 471 g/mol. The summed E-state index contributed by atoms with van der Waals surface area (Å²) in [5.74, 6) is 0.972. The van der Waals surface area contributed by atoms with Gasteiger partial charge in [0.25, 0.3) is 0 Å². The highest BCUT2D eigenvalue weighted by atomic mass is 16.5. The van der Waals surface area contributed by atoms with Crippen molar-refractivity contribution in [1.82, 2.24) is 4.98 Å². The first-order valence-corrected chi connectivity index (χ1v) is 14.0. The summed E-state index contributed by atoms with van der Waals surface area (Å²) in [7, 11) is 0. The SMILES string of the molecule is CCCCCCCCCOc1ccc(-c2ccc(CCc3ccc(CCCCC)cn3)cc2)cc1. The van der Waals surface area contributed by atoms with Crippen molar-refractivity contribution >= 4 is 0 Å². The molecule has 0 aliphatic carbocycles. The number of ether oxygens (including phenoxy) is 1. The van der Waals surface area contributed by atoms with E-state index in [1.54, 1.807) is 0 Å². The van der Waals surface area contributed by atoms with Crippen LogP contribution in [0, 0.1) is 0 Å². The van der Waals surface area contributed by atoms with Crippen molar-refractivity contribution in [2.75, 3.05) is 6.61 Å². The minimum Gasteiger partial charge on any atom is -0.494 e. The maximum Gasteiger partial charge on any atom is 0.119 e. The Bertz CT molecular complexity index is 928. The van der Waals surface area contributed by atoms with Crippen LogP contribution in [0.1, 0.15) is 94.9 Å². The van der Waals surface area contributed by atoms with Gasteiger partial charge in [-0.15, -0.1) is 0 Å². The molecule has 3 rings (SSSR count). The number of aryl methyl sites for hydroxylation is 3. The Hall–Kier alpha value is -2.61. The van der Waals surface area contributed by atoms with Gasteiger partial charge in [0.1, 0.15) is 5.75 Å². The van der Waals surface area contributed by atoms with Crippen LogP contribution in [0.4, 0.5) is 0 Å². The second-order valence-corrected chi connectivity index (χ2v) is 9.81. The summed E-state index contributed by atoms with van der Waals surface area (Å²) in [5.41, 5.74) is 6.39. The first kappa shape index (κ1) is 27.0. The Morgan fingerprint density at radius 1 is 0.543 bits per heavy atom. The Kier molecular flexibility index (Phi) is 12.4. The predicted molar refractivity (Wildman–Crippen MR) is 150 cm³/mol. The maximum atomic E-state index is 5.94. The van der Waals surface area contributed by atoms with E-state index in [2.05, 4.69) is 85.7 Å². The summed E-state index contributed by atoms with van der Waals surface area (Å²) in [6, 6.07) is 21.9.